The van der Waals surface area contributed by atoms with Crippen LogP contribution >= 0.6 is 12.2 Å². The molecule has 0 saturated heterocycles. The van der Waals surface area contributed by atoms with Gasteiger partial charge in [-0.2, -0.15) is 0 Å². The Kier molecular flexibility index (Phi) is 4.70. The predicted octanol–water partition coefficient (Wildman–Crippen LogP) is 2.97. The Morgan fingerprint density at radius 3 is 2.50 bits per heavy atom. The Hall–Kier alpha value is -1.92. The zero-order chi connectivity index (χ0) is 14.5. The van der Waals surface area contributed by atoms with E-state index in [1.54, 1.807) is 27.4 Å². The van der Waals surface area contributed by atoms with Crippen LogP contribution in [0, 0.1) is 4.64 Å². The van der Waals surface area contributed by atoms with Crippen molar-refractivity contribution in [2.45, 2.75) is 6.61 Å². The van der Waals surface area contributed by atoms with Gasteiger partial charge in [-0.05, 0) is 24.3 Å². The lowest BCUT2D eigenvalue weighted by Crippen LogP contribution is -1.98. The van der Waals surface area contributed by atoms with E-state index in [2.05, 4.69) is 9.97 Å². The van der Waals surface area contributed by atoms with Crippen LogP contribution in [0.1, 0.15) is 5.69 Å². The van der Waals surface area contributed by atoms with Crippen LogP contribution in [0.3, 0.4) is 0 Å². The van der Waals surface area contributed by atoms with E-state index in [-0.39, 0.29) is 0 Å². The van der Waals surface area contributed by atoms with Gasteiger partial charge in [-0.3, -0.25) is 0 Å². The molecule has 0 atom stereocenters. The quantitative estimate of drug-likeness (QED) is 0.859. The van der Waals surface area contributed by atoms with Gasteiger partial charge in [0.2, 0.25) is 0 Å². The summed E-state index contributed by atoms with van der Waals surface area (Å²) in [6, 6.07) is 7.35. The third-order valence-corrected chi connectivity index (χ3v) is 2.96. The van der Waals surface area contributed by atoms with Crippen molar-refractivity contribution in [1.29, 1.82) is 0 Å². The minimum absolute atomic E-state index is 0.451. The van der Waals surface area contributed by atoms with Gasteiger partial charge < -0.3 is 19.2 Å². The van der Waals surface area contributed by atoms with E-state index >= 15 is 0 Å². The molecule has 0 radical (unpaired) electrons. The summed E-state index contributed by atoms with van der Waals surface area (Å²) in [6.07, 6.45) is 0. The number of rotatable bonds is 5. The molecule has 2 rings (SSSR count). The molecule has 0 aliphatic rings. The normalized spacial score (nSPS) is 10.3. The van der Waals surface area contributed by atoms with Crippen molar-refractivity contribution in [1.82, 2.24) is 9.97 Å². The predicted molar refractivity (Wildman–Crippen MR) is 78.7 cm³/mol. The van der Waals surface area contributed by atoms with Crippen molar-refractivity contribution in [3.63, 3.8) is 0 Å². The molecule has 2 aromatic rings. The molecule has 0 saturated carbocycles. The highest BCUT2D eigenvalue weighted by molar-refractivity contribution is 7.71. The van der Waals surface area contributed by atoms with Crippen LogP contribution in [0.15, 0.2) is 24.3 Å². The SMILES string of the molecule is COCc1cc(=S)nc(-c2ccc(OC)c(OC)c2)[nH]1. The van der Waals surface area contributed by atoms with Gasteiger partial charge >= 0.3 is 0 Å². The summed E-state index contributed by atoms with van der Waals surface area (Å²) in [5.74, 6) is 1.98. The lowest BCUT2D eigenvalue weighted by Gasteiger charge is -2.10. The average Bonchev–Trinajstić information content (AvgIpc) is 2.46. The van der Waals surface area contributed by atoms with Crippen LogP contribution in [-0.4, -0.2) is 31.3 Å². The molecule has 1 heterocycles. The Morgan fingerprint density at radius 2 is 1.85 bits per heavy atom. The van der Waals surface area contributed by atoms with Gasteiger partial charge in [0.15, 0.2) is 11.5 Å². The maximum absolute atomic E-state index is 5.29. The van der Waals surface area contributed by atoms with Gasteiger partial charge in [0, 0.05) is 18.4 Å². The number of hydrogen-bond donors (Lipinski definition) is 1. The highest BCUT2D eigenvalue weighted by Crippen LogP contribution is 2.31. The monoisotopic (exact) mass is 292 g/mol. The van der Waals surface area contributed by atoms with E-state index in [0.717, 1.165) is 11.3 Å². The second-order valence-electron chi connectivity index (χ2n) is 4.10. The van der Waals surface area contributed by atoms with Crippen molar-refractivity contribution in [2.75, 3.05) is 21.3 Å². The molecule has 0 unspecified atom stereocenters. The second-order valence-corrected chi connectivity index (χ2v) is 4.51. The fourth-order valence-corrected chi connectivity index (χ4v) is 2.09. The summed E-state index contributed by atoms with van der Waals surface area (Å²) in [6.45, 7) is 0.451. The van der Waals surface area contributed by atoms with Gasteiger partial charge in [0.1, 0.15) is 10.5 Å². The van der Waals surface area contributed by atoms with Crippen LogP contribution in [-0.2, 0) is 11.3 Å². The van der Waals surface area contributed by atoms with Crippen LogP contribution in [0.25, 0.3) is 11.4 Å². The zero-order valence-electron chi connectivity index (χ0n) is 11.6. The third kappa shape index (κ3) is 3.15. The van der Waals surface area contributed by atoms with E-state index in [4.69, 9.17) is 26.4 Å². The fraction of sp³-hybridized carbons (Fsp3) is 0.286. The number of benzene rings is 1. The topological polar surface area (TPSA) is 56.4 Å². The Bertz CT molecular complexity index is 655. The van der Waals surface area contributed by atoms with Crippen molar-refractivity contribution < 1.29 is 14.2 Å². The second kappa shape index (κ2) is 6.49. The molecule has 20 heavy (non-hydrogen) atoms. The molecule has 1 aromatic heterocycles. The van der Waals surface area contributed by atoms with Gasteiger partial charge in [-0.1, -0.05) is 12.2 Å². The number of nitrogens with one attached hydrogen (secondary N) is 1. The number of methoxy groups -OCH3 is 3. The fourth-order valence-electron chi connectivity index (χ4n) is 1.86. The minimum atomic E-state index is 0.451. The summed E-state index contributed by atoms with van der Waals surface area (Å²) in [5, 5.41) is 0. The summed E-state index contributed by atoms with van der Waals surface area (Å²) >= 11 is 5.17. The van der Waals surface area contributed by atoms with E-state index in [1.165, 1.54) is 0 Å². The first kappa shape index (κ1) is 14.5. The van der Waals surface area contributed by atoms with Crippen molar-refractivity contribution in [3.8, 4) is 22.9 Å². The molecule has 0 spiro atoms. The number of nitrogens with zero attached hydrogens (tertiary/aromatic N) is 1. The number of ether oxygens (including phenoxy) is 3. The van der Waals surface area contributed by atoms with E-state index in [1.807, 2.05) is 18.2 Å². The first-order valence-electron chi connectivity index (χ1n) is 5.99. The van der Waals surface area contributed by atoms with Gasteiger partial charge in [-0.15, -0.1) is 0 Å². The summed E-state index contributed by atoms with van der Waals surface area (Å²) in [7, 11) is 4.83. The van der Waals surface area contributed by atoms with Crippen molar-refractivity contribution in [3.05, 3.63) is 34.6 Å². The molecule has 5 nitrogen and oxygen atoms in total. The summed E-state index contributed by atoms with van der Waals surface area (Å²) in [5.41, 5.74) is 1.74. The average molecular weight is 292 g/mol. The maximum atomic E-state index is 5.29. The molecule has 0 aliphatic carbocycles. The van der Waals surface area contributed by atoms with Crippen LogP contribution in [0.4, 0.5) is 0 Å². The van der Waals surface area contributed by atoms with Crippen LogP contribution < -0.4 is 9.47 Å². The maximum Gasteiger partial charge on any atom is 0.161 e. The molecule has 1 aromatic carbocycles. The minimum Gasteiger partial charge on any atom is -0.493 e. The summed E-state index contributed by atoms with van der Waals surface area (Å²) < 4.78 is 16.1. The highest BCUT2D eigenvalue weighted by Gasteiger charge is 2.08. The van der Waals surface area contributed by atoms with Crippen LogP contribution in [0.2, 0.25) is 0 Å². The molecule has 0 aliphatic heterocycles. The molecule has 106 valence electrons. The molecule has 0 bridgehead atoms. The summed E-state index contributed by atoms with van der Waals surface area (Å²) in [4.78, 5) is 7.52. The lowest BCUT2D eigenvalue weighted by atomic mass is 10.2. The molecular weight excluding hydrogens is 276 g/mol. The number of hydrogen-bond acceptors (Lipinski definition) is 5. The standard InChI is InChI=1S/C14H16N2O3S/c1-17-8-10-7-13(20)16-14(15-10)9-4-5-11(18-2)12(6-9)19-3/h4-7H,8H2,1-3H3,(H,15,16,20). The van der Waals surface area contributed by atoms with E-state index in [0.29, 0.717) is 28.6 Å². The van der Waals surface area contributed by atoms with E-state index < -0.39 is 0 Å². The van der Waals surface area contributed by atoms with Gasteiger partial charge in [0.25, 0.3) is 0 Å². The Labute approximate surface area is 122 Å². The molecule has 1 N–H and O–H groups in total. The zero-order valence-corrected chi connectivity index (χ0v) is 12.4. The highest BCUT2D eigenvalue weighted by atomic mass is 32.1. The Morgan fingerprint density at radius 1 is 1.10 bits per heavy atom. The van der Waals surface area contributed by atoms with Crippen molar-refractivity contribution in [2.24, 2.45) is 0 Å². The molecule has 0 amide bonds. The van der Waals surface area contributed by atoms with E-state index in [9.17, 15) is 0 Å². The molecule has 0 fully saturated rings. The molecular formula is C14H16N2O3S. The number of aromatic nitrogens is 2. The first-order valence-corrected chi connectivity index (χ1v) is 6.40. The first-order chi connectivity index (χ1) is 9.67. The third-order valence-electron chi connectivity index (χ3n) is 2.76. The van der Waals surface area contributed by atoms with Crippen LogP contribution in [0.5, 0.6) is 11.5 Å². The van der Waals surface area contributed by atoms with Gasteiger partial charge in [0.05, 0.1) is 20.8 Å². The molecule has 6 heteroatoms. The smallest absolute Gasteiger partial charge is 0.161 e. The van der Waals surface area contributed by atoms with Gasteiger partial charge in [-0.25, -0.2) is 4.98 Å². The Balaban J connectivity index is 2.48. The largest absolute Gasteiger partial charge is 0.493 e. The lowest BCUT2D eigenvalue weighted by molar-refractivity contribution is 0.181. The number of aromatic amines is 1. The van der Waals surface area contributed by atoms with Crippen molar-refractivity contribution >= 4 is 12.2 Å². The number of H-pyrrole nitrogens is 1.